The van der Waals surface area contributed by atoms with E-state index in [1.54, 1.807) is 36.3 Å². The number of para-hydroxylation sites is 1. The summed E-state index contributed by atoms with van der Waals surface area (Å²) in [5, 5.41) is 6.77. The van der Waals surface area contributed by atoms with Crippen LogP contribution in [0.25, 0.3) is 0 Å². The molecule has 1 aliphatic rings. The molecule has 2 amide bonds. The highest BCUT2D eigenvalue weighted by molar-refractivity contribution is 5.93. The lowest BCUT2D eigenvalue weighted by molar-refractivity contribution is -0.128. The van der Waals surface area contributed by atoms with E-state index in [1.807, 2.05) is 30.3 Å². The summed E-state index contributed by atoms with van der Waals surface area (Å²) in [6, 6.07) is 16.6. The number of benzene rings is 2. The fourth-order valence-corrected chi connectivity index (χ4v) is 3.49. The third-order valence-corrected chi connectivity index (χ3v) is 5.05. The minimum absolute atomic E-state index is 0.0367. The number of carbonyl (C=O) groups is 2. The summed E-state index contributed by atoms with van der Waals surface area (Å²) in [5.74, 6) is 1.23. The van der Waals surface area contributed by atoms with Crippen LogP contribution < -0.4 is 10.1 Å². The Balaban J connectivity index is 1.36. The number of aromatic nitrogens is 2. The van der Waals surface area contributed by atoms with Gasteiger partial charge in [0.15, 0.2) is 5.82 Å². The molecule has 1 fully saturated rings. The zero-order chi connectivity index (χ0) is 20.9. The number of methoxy groups -OCH3 is 1. The number of likely N-dealkylation sites (tertiary alicyclic amines) is 1. The number of carbonyl (C=O) groups excluding carboxylic acids is 2. The van der Waals surface area contributed by atoms with Gasteiger partial charge in [0.05, 0.1) is 13.7 Å². The Labute approximate surface area is 173 Å². The van der Waals surface area contributed by atoms with Gasteiger partial charge in [-0.25, -0.2) is 0 Å². The van der Waals surface area contributed by atoms with E-state index in [1.165, 1.54) is 0 Å². The lowest BCUT2D eigenvalue weighted by atomic mass is 10.1. The molecule has 1 saturated heterocycles. The fourth-order valence-electron chi connectivity index (χ4n) is 3.49. The minimum atomic E-state index is -0.214. The molecule has 1 N–H and O–H groups in total. The van der Waals surface area contributed by atoms with Gasteiger partial charge in [0.25, 0.3) is 5.91 Å². The van der Waals surface area contributed by atoms with Gasteiger partial charge in [0.2, 0.25) is 11.8 Å². The molecule has 0 aliphatic carbocycles. The summed E-state index contributed by atoms with van der Waals surface area (Å²) in [4.78, 5) is 30.8. The summed E-state index contributed by atoms with van der Waals surface area (Å²) in [5.41, 5.74) is 1.51. The molecule has 4 rings (SSSR count). The van der Waals surface area contributed by atoms with Crippen LogP contribution in [0.4, 0.5) is 0 Å². The highest BCUT2D eigenvalue weighted by Gasteiger charge is 2.34. The van der Waals surface area contributed by atoms with Gasteiger partial charge in [0, 0.05) is 36.6 Å². The quantitative estimate of drug-likeness (QED) is 0.648. The van der Waals surface area contributed by atoms with Crippen molar-refractivity contribution in [2.24, 2.45) is 0 Å². The lowest BCUT2D eigenvalue weighted by Gasteiger charge is -2.17. The third-order valence-electron chi connectivity index (χ3n) is 5.05. The molecule has 1 aliphatic heterocycles. The maximum absolute atomic E-state index is 12.5. The topological polar surface area (TPSA) is 97.6 Å². The summed E-state index contributed by atoms with van der Waals surface area (Å²) < 4.78 is 10.6. The monoisotopic (exact) mass is 406 g/mol. The van der Waals surface area contributed by atoms with E-state index < -0.39 is 0 Å². The van der Waals surface area contributed by atoms with Crippen molar-refractivity contribution < 1.29 is 18.8 Å². The molecule has 1 atom stereocenters. The van der Waals surface area contributed by atoms with E-state index in [9.17, 15) is 9.59 Å². The molecule has 0 bridgehead atoms. The average Bonchev–Trinajstić information content (AvgIpc) is 3.40. The normalized spacial score (nSPS) is 16.0. The van der Waals surface area contributed by atoms with Gasteiger partial charge in [-0.2, -0.15) is 4.98 Å². The molecule has 0 saturated carbocycles. The van der Waals surface area contributed by atoms with Crippen LogP contribution in [0.1, 0.15) is 40.0 Å². The first kappa shape index (κ1) is 19.6. The first-order chi connectivity index (χ1) is 14.6. The number of ether oxygens (including phenoxy) is 1. The van der Waals surface area contributed by atoms with Crippen LogP contribution in [0, 0.1) is 0 Å². The number of nitrogens with one attached hydrogen (secondary N) is 1. The Kier molecular flexibility index (Phi) is 5.74. The van der Waals surface area contributed by atoms with E-state index in [4.69, 9.17) is 9.26 Å². The van der Waals surface area contributed by atoms with Crippen LogP contribution in [-0.2, 0) is 17.9 Å². The van der Waals surface area contributed by atoms with Crippen molar-refractivity contribution in [3.05, 3.63) is 77.4 Å². The van der Waals surface area contributed by atoms with Crippen LogP contribution >= 0.6 is 0 Å². The van der Waals surface area contributed by atoms with Crippen molar-refractivity contribution in [3.8, 4) is 5.75 Å². The summed E-state index contributed by atoms with van der Waals surface area (Å²) in [7, 11) is 1.62. The Morgan fingerprint density at radius 3 is 2.77 bits per heavy atom. The van der Waals surface area contributed by atoms with Crippen molar-refractivity contribution in [2.75, 3.05) is 13.7 Å². The van der Waals surface area contributed by atoms with Crippen LogP contribution in [0.2, 0.25) is 0 Å². The van der Waals surface area contributed by atoms with Gasteiger partial charge in [-0.1, -0.05) is 41.6 Å². The molecular weight excluding hydrogens is 384 g/mol. The standard InChI is InChI=1S/C22H22N4O4/c1-29-18-10-6-5-9-16(18)13-26-14-17(11-20(26)27)21-24-19(30-25-21)12-23-22(28)15-7-3-2-4-8-15/h2-10,17H,11-14H2,1H3,(H,23,28). The SMILES string of the molecule is COc1ccccc1CN1CC(c2noc(CNC(=O)c3ccccc3)n2)CC1=O. The van der Waals surface area contributed by atoms with Crippen LogP contribution in [0.5, 0.6) is 5.75 Å². The third kappa shape index (κ3) is 4.32. The fraction of sp³-hybridized carbons (Fsp3) is 0.273. The first-order valence-electron chi connectivity index (χ1n) is 9.69. The highest BCUT2D eigenvalue weighted by Crippen LogP contribution is 2.29. The van der Waals surface area contributed by atoms with Gasteiger partial charge < -0.3 is 19.5 Å². The van der Waals surface area contributed by atoms with Gasteiger partial charge in [0.1, 0.15) is 5.75 Å². The number of amides is 2. The van der Waals surface area contributed by atoms with E-state index in [0.29, 0.717) is 36.8 Å². The Morgan fingerprint density at radius 1 is 1.20 bits per heavy atom. The summed E-state index contributed by atoms with van der Waals surface area (Å²) in [6.07, 6.45) is 0.324. The van der Waals surface area contributed by atoms with Crippen molar-refractivity contribution in [1.29, 1.82) is 0 Å². The second-order valence-corrected chi connectivity index (χ2v) is 7.08. The number of hydrogen-bond acceptors (Lipinski definition) is 6. The number of rotatable bonds is 7. The van der Waals surface area contributed by atoms with Crippen molar-refractivity contribution in [2.45, 2.75) is 25.4 Å². The average molecular weight is 406 g/mol. The summed E-state index contributed by atoms with van der Waals surface area (Å²) >= 11 is 0. The van der Waals surface area contributed by atoms with Crippen LogP contribution in [0.15, 0.2) is 59.1 Å². The van der Waals surface area contributed by atoms with E-state index in [0.717, 1.165) is 11.3 Å². The molecule has 3 aromatic rings. The molecule has 30 heavy (non-hydrogen) atoms. The largest absolute Gasteiger partial charge is 0.496 e. The molecule has 8 nitrogen and oxygen atoms in total. The molecule has 2 heterocycles. The molecule has 154 valence electrons. The zero-order valence-corrected chi connectivity index (χ0v) is 16.6. The maximum atomic E-state index is 12.5. The van der Waals surface area contributed by atoms with E-state index >= 15 is 0 Å². The van der Waals surface area contributed by atoms with Gasteiger partial charge in [-0.3, -0.25) is 9.59 Å². The molecule has 0 radical (unpaired) electrons. The number of hydrogen-bond donors (Lipinski definition) is 1. The highest BCUT2D eigenvalue weighted by atomic mass is 16.5. The van der Waals surface area contributed by atoms with Crippen molar-refractivity contribution >= 4 is 11.8 Å². The van der Waals surface area contributed by atoms with Crippen LogP contribution in [-0.4, -0.2) is 40.5 Å². The van der Waals surface area contributed by atoms with E-state index in [2.05, 4.69) is 15.5 Å². The molecule has 1 unspecified atom stereocenters. The van der Waals surface area contributed by atoms with Crippen molar-refractivity contribution in [1.82, 2.24) is 20.4 Å². The Bertz CT molecular complexity index is 1030. The maximum Gasteiger partial charge on any atom is 0.251 e. The second-order valence-electron chi connectivity index (χ2n) is 7.08. The van der Waals surface area contributed by atoms with Gasteiger partial charge >= 0.3 is 0 Å². The zero-order valence-electron chi connectivity index (χ0n) is 16.6. The number of nitrogens with zero attached hydrogens (tertiary/aromatic N) is 3. The Morgan fingerprint density at radius 2 is 1.97 bits per heavy atom. The smallest absolute Gasteiger partial charge is 0.251 e. The Hall–Kier alpha value is -3.68. The van der Waals surface area contributed by atoms with Gasteiger partial charge in [-0.15, -0.1) is 0 Å². The molecule has 2 aromatic carbocycles. The van der Waals surface area contributed by atoms with Gasteiger partial charge in [-0.05, 0) is 18.2 Å². The minimum Gasteiger partial charge on any atom is -0.496 e. The molecule has 0 spiro atoms. The van der Waals surface area contributed by atoms with Crippen LogP contribution in [0.3, 0.4) is 0 Å². The molecule has 8 heteroatoms. The predicted octanol–water partition coefficient (Wildman–Crippen LogP) is 2.52. The van der Waals surface area contributed by atoms with E-state index in [-0.39, 0.29) is 24.3 Å². The predicted molar refractivity (Wildman–Crippen MR) is 108 cm³/mol. The molecular formula is C22H22N4O4. The van der Waals surface area contributed by atoms with Crippen molar-refractivity contribution in [3.63, 3.8) is 0 Å². The molecule has 1 aromatic heterocycles. The summed E-state index contributed by atoms with van der Waals surface area (Å²) in [6.45, 7) is 1.11. The first-order valence-corrected chi connectivity index (χ1v) is 9.69. The lowest BCUT2D eigenvalue weighted by Crippen LogP contribution is -2.24. The second kappa shape index (κ2) is 8.77.